The molecule has 1 aromatic rings. The molecule has 1 N–H and O–H groups in total. The van der Waals surface area contributed by atoms with Gasteiger partial charge in [0.1, 0.15) is 0 Å². The van der Waals surface area contributed by atoms with Crippen molar-refractivity contribution in [3.8, 4) is 0 Å². The first-order valence-electron chi connectivity index (χ1n) is 7.52. The first-order chi connectivity index (χ1) is 10.0. The fourth-order valence-corrected chi connectivity index (χ4v) is 2.71. The average Bonchev–Trinajstić information content (AvgIpc) is 2.97. The largest absolute Gasteiger partial charge is 0.416 e. The maximum absolute atomic E-state index is 12.8. The average molecular weight is 301 g/mol. The van der Waals surface area contributed by atoms with E-state index in [0.717, 1.165) is 38.5 Å². The van der Waals surface area contributed by atoms with Crippen molar-refractivity contribution in [1.82, 2.24) is 5.32 Å². The molecule has 0 aliphatic carbocycles. The van der Waals surface area contributed by atoms with Gasteiger partial charge in [-0.3, -0.25) is 0 Å². The molecule has 2 unspecified atom stereocenters. The highest BCUT2D eigenvalue weighted by molar-refractivity contribution is 5.26. The third-order valence-corrected chi connectivity index (χ3v) is 3.78. The Morgan fingerprint density at radius 1 is 1.38 bits per heavy atom. The highest BCUT2D eigenvalue weighted by Crippen LogP contribution is 2.30. The van der Waals surface area contributed by atoms with Crippen LogP contribution >= 0.6 is 0 Å². The van der Waals surface area contributed by atoms with E-state index in [9.17, 15) is 13.2 Å². The van der Waals surface area contributed by atoms with E-state index in [1.165, 1.54) is 12.1 Å². The minimum absolute atomic E-state index is 0.0796. The molecule has 0 aromatic heterocycles. The predicted molar refractivity (Wildman–Crippen MR) is 76.2 cm³/mol. The van der Waals surface area contributed by atoms with Gasteiger partial charge in [0.15, 0.2) is 0 Å². The lowest BCUT2D eigenvalue weighted by Crippen LogP contribution is -2.41. The molecule has 1 fully saturated rings. The second kappa shape index (κ2) is 7.27. The molecular formula is C16H22F3NO. The van der Waals surface area contributed by atoms with Crippen molar-refractivity contribution in [3.05, 3.63) is 35.4 Å². The van der Waals surface area contributed by atoms with Crippen LogP contribution in [0.15, 0.2) is 24.3 Å². The van der Waals surface area contributed by atoms with Crippen molar-refractivity contribution in [2.75, 3.05) is 13.2 Å². The first kappa shape index (κ1) is 16.3. The molecule has 0 radical (unpaired) electrons. The summed E-state index contributed by atoms with van der Waals surface area (Å²) in [5.74, 6) is 0. The molecule has 5 heteroatoms. The van der Waals surface area contributed by atoms with Crippen molar-refractivity contribution < 1.29 is 17.9 Å². The topological polar surface area (TPSA) is 21.3 Å². The summed E-state index contributed by atoms with van der Waals surface area (Å²) in [5.41, 5.74) is 0.121. The summed E-state index contributed by atoms with van der Waals surface area (Å²) >= 11 is 0. The van der Waals surface area contributed by atoms with Crippen LogP contribution in [0.25, 0.3) is 0 Å². The van der Waals surface area contributed by atoms with E-state index < -0.39 is 11.7 Å². The van der Waals surface area contributed by atoms with Crippen molar-refractivity contribution in [2.45, 2.75) is 50.9 Å². The fraction of sp³-hybridized carbons (Fsp3) is 0.625. The molecule has 2 nitrogen and oxygen atoms in total. The molecule has 0 amide bonds. The Morgan fingerprint density at radius 3 is 2.81 bits per heavy atom. The Hall–Kier alpha value is -1.07. The van der Waals surface area contributed by atoms with E-state index in [1.807, 2.05) is 0 Å². The molecule has 0 saturated carbocycles. The Bertz CT molecular complexity index is 441. The zero-order valence-corrected chi connectivity index (χ0v) is 12.2. The van der Waals surface area contributed by atoms with E-state index >= 15 is 0 Å². The van der Waals surface area contributed by atoms with Gasteiger partial charge in [-0.2, -0.15) is 13.2 Å². The number of hydrogen-bond acceptors (Lipinski definition) is 2. The van der Waals surface area contributed by atoms with Gasteiger partial charge in [-0.25, -0.2) is 0 Å². The Balaban J connectivity index is 2.08. The third kappa shape index (κ3) is 4.71. The number of alkyl halides is 3. The van der Waals surface area contributed by atoms with Crippen LogP contribution in [0, 0.1) is 0 Å². The van der Waals surface area contributed by atoms with Gasteiger partial charge in [-0.15, -0.1) is 0 Å². The summed E-state index contributed by atoms with van der Waals surface area (Å²) in [5, 5.41) is 3.41. The second-order valence-corrected chi connectivity index (χ2v) is 5.51. The zero-order valence-electron chi connectivity index (χ0n) is 12.2. The van der Waals surface area contributed by atoms with Crippen molar-refractivity contribution >= 4 is 0 Å². The number of hydrogen-bond donors (Lipinski definition) is 1. The number of rotatable bonds is 6. The normalized spacial score (nSPS) is 20.7. The van der Waals surface area contributed by atoms with Crippen LogP contribution in [0.3, 0.4) is 0 Å². The van der Waals surface area contributed by atoms with E-state index in [1.54, 1.807) is 6.07 Å². The lowest BCUT2D eigenvalue weighted by molar-refractivity contribution is -0.137. The summed E-state index contributed by atoms with van der Waals surface area (Å²) < 4.78 is 44.0. The minimum Gasteiger partial charge on any atom is -0.377 e. The molecule has 1 aliphatic heterocycles. The molecule has 21 heavy (non-hydrogen) atoms. The SMILES string of the molecule is CCCNC(Cc1cccc(C(F)(F)F)c1)C1CCCO1. The molecule has 118 valence electrons. The lowest BCUT2D eigenvalue weighted by Gasteiger charge is -2.24. The Morgan fingerprint density at radius 2 is 2.19 bits per heavy atom. The maximum atomic E-state index is 12.8. The lowest BCUT2D eigenvalue weighted by atomic mass is 9.98. The highest BCUT2D eigenvalue weighted by Gasteiger charge is 2.31. The summed E-state index contributed by atoms with van der Waals surface area (Å²) in [7, 11) is 0. The van der Waals surface area contributed by atoms with Crippen LogP contribution < -0.4 is 5.32 Å². The van der Waals surface area contributed by atoms with E-state index in [-0.39, 0.29) is 12.1 Å². The van der Waals surface area contributed by atoms with Gasteiger partial charge in [0.2, 0.25) is 0 Å². The number of benzene rings is 1. The highest BCUT2D eigenvalue weighted by atomic mass is 19.4. The third-order valence-electron chi connectivity index (χ3n) is 3.78. The van der Waals surface area contributed by atoms with Gasteiger partial charge in [-0.1, -0.05) is 25.1 Å². The van der Waals surface area contributed by atoms with E-state index in [4.69, 9.17) is 4.74 Å². The van der Waals surface area contributed by atoms with Gasteiger partial charge in [0, 0.05) is 12.6 Å². The number of ether oxygens (including phenoxy) is 1. The molecule has 2 rings (SSSR count). The van der Waals surface area contributed by atoms with Crippen LogP contribution in [0.5, 0.6) is 0 Å². The summed E-state index contributed by atoms with van der Waals surface area (Å²) in [4.78, 5) is 0. The Kier molecular flexibility index (Phi) is 5.65. The molecule has 1 aromatic carbocycles. The van der Waals surface area contributed by atoms with Crippen LogP contribution in [-0.2, 0) is 17.3 Å². The number of nitrogens with one attached hydrogen (secondary N) is 1. The van der Waals surface area contributed by atoms with Crippen LogP contribution in [0.2, 0.25) is 0 Å². The second-order valence-electron chi connectivity index (χ2n) is 5.51. The predicted octanol–water partition coefficient (Wildman–Crippen LogP) is 3.80. The van der Waals surface area contributed by atoms with Crippen molar-refractivity contribution in [1.29, 1.82) is 0 Å². The smallest absolute Gasteiger partial charge is 0.377 e. The van der Waals surface area contributed by atoms with Crippen LogP contribution in [0.1, 0.15) is 37.3 Å². The molecule has 2 atom stereocenters. The summed E-state index contributed by atoms with van der Waals surface area (Å²) in [6, 6.07) is 5.67. The number of halogens is 3. The maximum Gasteiger partial charge on any atom is 0.416 e. The summed E-state index contributed by atoms with van der Waals surface area (Å²) in [6.45, 7) is 3.67. The fourth-order valence-electron chi connectivity index (χ4n) is 2.71. The Labute approximate surface area is 123 Å². The molecule has 0 spiro atoms. The monoisotopic (exact) mass is 301 g/mol. The van der Waals surface area contributed by atoms with Crippen molar-refractivity contribution in [3.63, 3.8) is 0 Å². The molecule has 1 aliphatic rings. The van der Waals surface area contributed by atoms with Gasteiger partial charge >= 0.3 is 6.18 Å². The quantitative estimate of drug-likeness (QED) is 0.863. The minimum atomic E-state index is -4.29. The molecule has 1 saturated heterocycles. The van der Waals surface area contributed by atoms with Crippen LogP contribution in [0.4, 0.5) is 13.2 Å². The van der Waals surface area contributed by atoms with E-state index in [2.05, 4.69) is 12.2 Å². The molecule has 1 heterocycles. The van der Waals surface area contributed by atoms with E-state index in [0.29, 0.717) is 12.0 Å². The molecular weight excluding hydrogens is 279 g/mol. The summed E-state index contributed by atoms with van der Waals surface area (Å²) in [6.07, 6.45) is -0.629. The zero-order chi connectivity index (χ0) is 15.3. The first-order valence-corrected chi connectivity index (χ1v) is 7.52. The van der Waals surface area contributed by atoms with Crippen LogP contribution in [-0.4, -0.2) is 25.3 Å². The standard InChI is InChI=1S/C16H22F3NO/c1-2-8-20-14(15-7-4-9-21-15)11-12-5-3-6-13(10-12)16(17,18)19/h3,5-6,10,14-15,20H,2,4,7-9,11H2,1H3. The van der Waals surface area contributed by atoms with Gasteiger partial charge in [0.05, 0.1) is 11.7 Å². The van der Waals surface area contributed by atoms with Gasteiger partial charge < -0.3 is 10.1 Å². The van der Waals surface area contributed by atoms with Gasteiger partial charge in [-0.05, 0) is 43.9 Å². The van der Waals surface area contributed by atoms with Crippen molar-refractivity contribution in [2.24, 2.45) is 0 Å². The molecule has 0 bridgehead atoms. The van der Waals surface area contributed by atoms with Gasteiger partial charge in [0.25, 0.3) is 0 Å².